The minimum atomic E-state index is -1.10. The predicted octanol–water partition coefficient (Wildman–Crippen LogP) is 1.22. The molecule has 2 N–H and O–H groups in total. The van der Waals surface area contributed by atoms with Crippen LogP contribution in [0.25, 0.3) is 0 Å². The lowest BCUT2D eigenvalue weighted by Crippen LogP contribution is -2.12. The summed E-state index contributed by atoms with van der Waals surface area (Å²) in [5, 5.41) is 11.7. The van der Waals surface area contributed by atoms with E-state index in [2.05, 4.69) is 10.3 Å². The van der Waals surface area contributed by atoms with Gasteiger partial charge in [0.1, 0.15) is 5.82 Å². The van der Waals surface area contributed by atoms with Crippen LogP contribution in [-0.2, 0) is 10.8 Å². The van der Waals surface area contributed by atoms with Gasteiger partial charge in [0.2, 0.25) is 0 Å². The number of hydrogen-bond donors (Lipinski definition) is 2. The number of rotatable bonds is 5. The quantitative estimate of drug-likeness (QED) is 0.834. The first kappa shape index (κ1) is 12.9. The Hall–Kier alpha value is -1.14. The Morgan fingerprint density at radius 1 is 1.69 bits per heavy atom. The molecule has 5 nitrogen and oxygen atoms in total. The molecule has 16 heavy (non-hydrogen) atoms. The van der Waals surface area contributed by atoms with Crippen LogP contribution in [0, 0.1) is 0 Å². The lowest BCUT2D eigenvalue weighted by atomic mass is 10.2. The third-order valence-corrected chi connectivity index (χ3v) is 2.96. The topological polar surface area (TPSA) is 79.3 Å². The molecule has 1 aromatic heterocycles. The van der Waals surface area contributed by atoms with Crippen molar-refractivity contribution in [3.05, 3.63) is 22.8 Å². The van der Waals surface area contributed by atoms with Gasteiger partial charge in [-0.1, -0.05) is 11.6 Å². The fraction of sp³-hybridized carbons (Fsp3) is 0.333. The number of hydrogen-bond acceptors (Lipinski definition) is 4. The number of nitrogens with one attached hydrogen (secondary N) is 1. The molecule has 0 saturated carbocycles. The lowest BCUT2D eigenvalue weighted by Gasteiger charge is -2.07. The zero-order chi connectivity index (χ0) is 12.1. The molecule has 1 unspecified atom stereocenters. The Labute approximate surface area is 100 Å². The second kappa shape index (κ2) is 5.81. The van der Waals surface area contributed by atoms with Gasteiger partial charge >= 0.3 is 5.97 Å². The van der Waals surface area contributed by atoms with Gasteiger partial charge in [0.15, 0.2) is 0 Å². The molecule has 1 heterocycles. The molecule has 0 spiro atoms. The Morgan fingerprint density at radius 2 is 2.38 bits per heavy atom. The average Bonchev–Trinajstić information content (AvgIpc) is 2.19. The summed E-state index contributed by atoms with van der Waals surface area (Å²) in [4.78, 5) is 14.7. The highest BCUT2D eigenvalue weighted by molar-refractivity contribution is 7.84. The van der Waals surface area contributed by atoms with E-state index < -0.39 is 16.8 Å². The van der Waals surface area contributed by atoms with E-state index in [1.165, 1.54) is 12.3 Å². The zero-order valence-corrected chi connectivity index (χ0v) is 10.1. The molecule has 0 aliphatic rings. The lowest BCUT2D eigenvalue weighted by molar-refractivity contribution is 0.0697. The van der Waals surface area contributed by atoms with Gasteiger partial charge in [0.25, 0.3) is 0 Å². The second-order valence-corrected chi connectivity index (χ2v) is 4.96. The monoisotopic (exact) mass is 262 g/mol. The first-order valence-corrected chi connectivity index (χ1v) is 6.54. The number of nitrogens with zero attached hydrogens (tertiary/aromatic N) is 1. The Kier molecular flexibility index (Phi) is 4.70. The molecule has 0 amide bonds. The van der Waals surface area contributed by atoms with Crippen LogP contribution >= 0.6 is 11.6 Å². The third kappa shape index (κ3) is 3.46. The van der Waals surface area contributed by atoms with Crippen LogP contribution in [-0.4, -0.2) is 38.8 Å². The standard InChI is InChI=1S/C9H11ClN2O3S/c1-16(15)5-4-12-8-7(10)6(9(13)14)2-3-11-8/h2-3H,4-5H2,1H3,(H,11,12)(H,13,14). The highest BCUT2D eigenvalue weighted by Gasteiger charge is 2.12. The number of halogens is 1. The van der Waals surface area contributed by atoms with E-state index in [1.807, 2.05) is 0 Å². The summed E-state index contributed by atoms with van der Waals surface area (Å²) in [7, 11) is -0.910. The van der Waals surface area contributed by atoms with Crippen molar-refractivity contribution >= 4 is 34.2 Å². The van der Waals surface area contributed by atoms with Crippen LogP contribution in [0.2, 0.25) is 5.02 Å². The van der Waals surface area contributed by atoms with Crippen molar-refractivity contribution in [1.29, 1.82) is 0 Å². The van der Waals surface area contributed by atoms with Gasteiger partial charge in [-0.05, 0) is 6.07 Å². The van der Waals surface area contributed by atoms with Crippen LogP contribution in [0.15, 0.2) is 12.3 Å². The second-order valence-electron chi connectivity index (χ2n) is 3.03. The normalized spacial score (nSPS) is 12.1. The maximum atomic E-state index is 10.8. The minimum Gasteiger partial charge on any atom is -0.478 e. The molecule has 0 fully saturated rings. The van der Waals surface area contributed by atoms with Crippen LogP contribution in [0.1, 0.15) is 10.4 Å². The molecule has 7 heteroatoms. The maximum absolute atomic E-state index is 10.8. The summed E-state index contributed by atoms with van der Waals surface area (Å²) >= 11 is 5.84. The average molecular weight is 263 g/mol. The Morgan fingerprint density at radius 3 is 2.94 bits per heavy atom. The fourth-order valence-corrected chi connectivity index (χ4v) is 1.69. The van der Waals surface area contributed by atoms with Crippen LogP contribution < -0.4 is 5.32 Å². The van der Waals surface area contributed by atoms with Crippen molar-refractivity contribution in [2.75, 3.05) is 23.9 Å². The Balaban J connectivity index is 2.77. The summed E-state index contributed by atoms with van der Waals surface area (Å²) in [6, 6.07) is 1.33. The molecular formula is C9H11ClN2O3S. The third-order valence-electron chi connectivity index (χ3n) is 1.80. The summed E-state index contributed by atoms with van der Waals surface area (Å²) in [6.45, 7) is 0.429. The molecule has 0 aliphatic carbocycles. The van der Waals surface area contributed by atoms with Gasteiger partial charge in [-0.2, -0.15) is 0 Å². The van der Waals surface area contributed by atoms with Crippen LogP contribution in [0.4, 0.5) is 5.82 Å². The Bertz CT molecular complexity index is 425. The summed E-state index contributed by atoms with van der Waals surface area (Å²) in [5.41, 5.74) is -0.00297. The highest BCUT2D eigenvalue weighted by Crippen LogP contribution is 2.23. The van der Waals surface area contributed by atoms with Gasteiger partial charge in [-0.15, -0.1) is 0 Å². The number of aromatic carboxylic acids is 1. The van der Waals surface area contributed by atoms with Gasteiger partial charge in [0.05, 0.1) is 10.6 Å². The van der Waals surface area contributed by atoms with Crippen LogP contribution in [0.3, 0.4) is 0 Å². The zero-order valence-electron chi connectivity index (χ0n) is 8.57. The number of carboxylic acids is 1. The summed E-state index contributed by atoms with van der Waals surface area (Å²) in [6.07, 6.45) is 2.95. The predicted molar refractivity (Wildman–Crippen MR) is 63.6 cm³/mol. The van der Waals surface area contributed by atoms with Crippen molar-refractivity contribution in [3.8, 4) is 0 Å². The first-order chi connectivity index (χ1) is 7.52. The molecule has 0 bridgehead atoms. The van der Waals surface area contributed by atoms with Crippen molar-refractivity contribution in [2.45, 2.75) is 0 Å². The number of aromatic nitrogens is 1. The van der Waals surface area contributed by atoms with Gasteiger partial charge in [0, 0.05) is 35.5 Å². The molecule has 1 atom stereocenters. The number of pyridine rings is 1. The fourth-order valence-electron chi connectivity index (χ4n) is 1.05. The molecular weight excluding hydrogens is 252 g/mol. The van der Waals surface area contributed by atoms with Crippen molar-refractivity contribution in [2.24, 2.45) is 0 Å². The van der Waals surface area contributed by atoms with Gasteiger partial charge in [-0.25, -0.2) is 9.78 Å². The largest absolute Gasteiger partial charge is 0.478 e. The molecule has 0 radical (unpaired) electrons. The molecule has 0 aliphatic heterocycles. The highest BCUT2D eigenvalue weighted by atomic mass is 35.5. The van der Waals surface area contributed by atoms with E-state index in [-0.39, 0.29) is 10.6 Å². The molecule has 0 saturated heterocycles. The van der Waals surface area contributed by atoms with Crippen molar-refractivity contribution in [1.82, 2.24) is 4.98 Å². The summed E-state index contributed by atoms with van der Waals surface area (Å²) in [5.74, 6) is -0.350. The number of anilines is 1. The van der Waals surface area contributed by atoms with E-state index in [4.69, 9.17) is 16.7 Å². The maximum Gasteiger partial charge on any atom is 0.337 e. The van der Waals surface area contributed by atoms with E-state index in [9.17, 15) is 9.00 Å². The molecule has 1 aromatic rings. The number of carbonyl (C=O) groups is 1. The molecule has 88 valence electrons. The molecule has 1 rings (SSSR count). The van der Waals surface area contributed by atoms with E-state index >= 15 is 0 Å². The minimum absolute atomic E-state index is 0.00297. The molecule has 0 aromatic carbocycles. The van der Waals surface area contributed by atoms with Gasteiger partial charge < -0.3 is 10.4 Å². The first-order valence-electron chi connectivity index (χ1n) is 4.44. The van der Waals surface area contributed by atoms with Crippen molar-refractivity contribution in [3.63, 3.8) is 0 Å². The van der Waals surface area contributed by atoms with E-state index in [1.54, 1.807) is 6.26 Å². The summed E-state index contributed by atoms with van der Waals surface area (Å²) < 4.78 is 10.8. The number of carboxylic acid groups (broad SMARTS) is 1. The van der Waals surface area contributed by atoms with Crippen molar-refractivity contribution < 1.29 is 14.1 Å². The van der Waals surface area contributed by atoms with Gasteiger partial charge in [-0.3, -0.25) is 4.21 Å². The van der Waals surface area contributed by atoms with E-state index in [0.717, 1.165) is 0 Å². The van der Waals surface area contributed by atoms with Crippen LogP contribution in [0.5, 0.6) is 0 Å². The SMILES string of the molecule is CS(=O)CCNc1nccc(C(=O)O)c1Cl. The van der Waals surface area contributed by atoms with E-state index in [0.29, 0.717) is 18.1 Å². The smallest absolute Gasteiger partial charge is 0.337 e.